The van der Waals surface area contributed by atoms with Crippen molar-refractivity contribution < 1.29 is 9.59 Å². The monoisotopic (exact) mass is 278 g/mol. The Morgan fingerprint density at radius 2 is 2.00 bits per heavy atom. The molecule has 1 fully saturated rings. The summed E-state index contributed by atoms with van der Waals surface area (Å²) >= 11 is 1.46. The summed E-state index contributed by atoms with van der Waals surface area (Å²) in [7, 11) is 0. The number of piperidine rings is 1. The van der Waals surface area contributed by atoms with E-state index in [9.17, 15) is 9.59 Å². The second-order valence-corrected chi connectivity index (χ2v) is 5.83. The van der Waals surface area contributed by atoms with E-state index in [0.717, 1.165) is 16.3 Å². The molecule has 5 heteroatoms. The topological polar surface area (TPSA) is 50.3 Å². The van der Waals surface area contributed by atoms with Gasteiger partial charge in [-0.3, -0.25) is 9.59 Å². The second-order valence-electron chi connectivity index (χ2n) is 4.83. The molecule has 1 aliphatic rings. The number of carbonyl (C=O) groups is 2. The largest absolute Gasteiger partial charge is 0.341 e. The molecule has 19 heavy (non-hydrogen) atoms. The van der Waals surface area contributed by atoms with Crippen LogP contribution in [0.3, 0.4) is 0 Å². The van der Waals surface area contributed by atoms with Crippen LogP contribution in [-0.4, -0.2) is 40.4 Å². The predicted octanol–water partition coefficient (Wildman–Crippen LogP) is 1.98. The number of hydrogen-bond donors (Lipinski definition) is 0. The van der Waals surface area contributed by atoms with Crippen molar-refractivity contribution in [1.82, 2.24) is 9.88 Å². The van der Waals surface area contributed by atoms with E-state index in [1.807, 2.05) is 26.0 Å². The van der Waals surface area contributed by atoms with E-state index in [2.05, 4.69) is 4.98 Å². The number of carbonyl (C=O) groups excluding carboxylic acids is 2. The average Bonchev–Trinajstić information content (AvgIpc) is 2.36. The molecule has 0 radical (unpaired) electrons. The maximum Gasteiger partial charge on any atom is 0.233 e. The highest BCUT2D eigenvalue weighted by Gasteiger charge is 2.20. The molecule has 1 aromatic heterocycles. The Bertz CT molecular complexity index is 472. The van der Waals surface area contributed by atoms with Gasteiger partial charge in [0.05, 0.1) is 10.8 Å². The molecule has 2 heterocycles. The molecule has 0 aromatic carbocycles. The van der Waals surface area contributed by atoms with Gasteiger partial charge in [-0.15, -0.1) is 0 Å². The third kappa shape index (κ3) is 4.06. The lowest BCUT2D eigenvalue weighted by atomic mass is 10.1. The van der Waals surface area contributed by atoms with Crippen LogP contribution in [0.25, 0.3) is 0 Å². The van der Waals surface area contributed by atoms with Crippen molar-refractivity contribution in [3.05, 3.63) is 23.4 Å². The first-order chi connectivity index (χ1) is 9.04. The Morgan fingerprint density at radius 1 is 1.32 bits per heavy atom. The fourth-order valence-electron chi connectivity index (χ4n) is 2.11. The third-order valence-corrected chi connectivity index (χ3v) is 3.99. The molecule has 0 atom stereocenters. The van der Waals surface area contributed by atoms with Crippen molar-refractivity contribution in [2.75, 3.05) is 18.8 Å². The molecular weight excluding hydrogens is 260 g/mol. The number of ketones is 1. The van der Waals surface area contributed by atoms with Gasteiger partial charge in [-0.25, -0.2) is 4.98 Å². The number of pyridine rings is 1. The lowest BCUT2D eigenvalue weighted by Crippen LogP contribution is -2.39. The van der Waals surface area contributed by atoms with Crippen LogP contribution in [0.2, 0.25) is 0 Å². The zero-order valence-corrected chi connectivity index (χ0v) is 12.1. The van der Waals surface area contributed by atoms with Crippen LogP contribution in [0.15, 0.2) is 17.2 Å². The highest BCUT2D eigenvalue weighted by atomic mass is 32.2. The van der Waals surface area contributed by atoms with Crippen molar-refractivity contribution in [1.29, 1.82) is 0 Å². The molecule has 0 bridgehead atoms. The van der Waals surface area contributed by atoms with Crippen LogP contribution in [0.4, 0.5) is 0 Å². The van der Waals surface area contributed by atoms with Gasteiger partial charge in [-0.2, -0.15) is 0 Å². The summed E-state index contributed by atoms with van der Waals surface area (Å²) in [5.74, 6) is 0.746. The van der Waals surface area contributed by atoms with Crippen LogP contribution >= 0.6 is 11.8 Å². The summed E-state index contributed by atoms with van der Waals surface area (Å²) in [6, 6.07) is 4.01. The second kappa shape index (κ2) is 6.19. The van der Waals surface area contributed by atoms with Gasteiger partial charge < -0.3 is 4.90 Å². The van der Waals surface area contributed by atoms with Gasteiger partial charge >= 0.3 is 0 Å². The standard InChI is InChI=1S/C14H18N2O2S/c1-10-7-11(2)15-13(8-10)19-9-14(18)16-5-3-12(17)4-6-16/h7-8H,3-6,9H2,1-2H3. The normalized spacial score (nSPS) is 15.7. The summed E-state index contributed by atoms with van der Waals surface area (Å²) in [5.41, 5.74) is 2.13. The molecule has 0 N–H and O–H groups in total. The van der Waals surface area contributed by atoms with E-state index in [4.69, 9.17) is 0 Å². The fraction of sp³-hybridized carbons (Fsp3) is 0.500. The van der Waals surface area contributed by atoms with Gasteiger partial charge in [0.15, 0.2) is 0 Å². The number of likely N-dealkylation sites (tertiary alicyclic amines) is 1. The average molecular weight is 278 g/mol. The van der Waals surface area contributed by atoms with Gasteiger partial charge in [0.1, 0.15) is 5.78 Å². The van der Waals surface area contributed by atoms with Crippen LogP contribution < -0.4 is 0 Å². The number of hydrogen-bond acceptors (Lipinski definition) is 4. The quantitative estimate of drug-likeness (QED) is 0.793. The van der Waals surface area contributed by atoms with E-state index >= 15 is 0 Å². The minimum absolute atomic E-state index is 0.0958. The number of Topliss-reactive ketones (excluding diaryl/α,β-unsaturated/α-hetero) is 1. The molecule has 1 amide bonds. The smallest absolute Gasteiger partial charge is 0.233 e. The van der Waals surface area contributed by atoms with Crippen LogP contribution in [0, 0.1) is 13.8 Å². The number of amides is 1. The lowest BCUT2D eigenvalue weighted by Gasteiger charge is -2.25. The summed E-state index contributed by atoms with van der Waals surface area (Å²) in [5, 5.41) is 0.888. The number of rotatable bonds is 3. The Kier molecular flexibility index (Phi) is 4.58. The van der Waals surface area contributed by atoms with E-state index in [0.29, 0.717) is 31.7 Å². The molecule has 0 saturated carbocycles. The molecular formula is C14H18N2O2S. The van der Waals surface area contributed by atoms with Crippen molar-refractivity contribution in [2.45, 2.75) is 31.7 Å². The third-order valence-electron chi connectivity index (χ3n) is 3.09. The Balaban J connectivity index is 1.87. The fourth-order valence-corrected chi connectivity index (χ4v) is 3.04. The maximum absolute atomic E-state index is 12.0. The molecule has 1 aliphatic heterocycles. The minimum atomic E-state index is 0.0958. The number of thioether (sulfide) groups is 1. The highest BCUT2D eigenvalue weighted by Crippen LogP contribution is 2.19. The van der Waals surface area contributed by atoms with Gasteiger partial charge in [0.2, 0.25) is 5.91 Å². The summed E-state index contributed by atoms with van der Waals surface area (Å²) < 4.78 is 0. The van der Waals surface area contributed by atoms with Crippen molar-refractivity contribution in [2.24, 2.45) is 0 Å². The molecule has 1 saturated heterocycles. The summed E-state index contributed by atoms with van der Waals surface area (Å²) in [6.45, 7) is 5.11. The van der Waals surface area contributed by atoms with E-state index in [1.165, 1.54) is 11.8 Å². The van der Waals surface area contributed by atoms with Crippen molar-refractivity contribution >= 4 is 23.5 Å². The lowest BCUT2D eigenvalue weighted by molar-refractivity contribution is -0.132. The van der Waals surface area contributed by atoms with Crippen LogP contribution in [0.1, 0.15) is 24.1 Å². The summed E-state index contributed by atoms with van der Waals surface area (Å²) in [4.78, 5) is 29.3. The molecule has 0 aliphatic carbocycles. The first-order valence-electron chi connectivity index (χ1n) is 6.42. The molecule has 0 spiro atoms. The van der Waals surface area contributed by atoms with Gasteiger partial charge in [-0.05, 0) is 31.5 Å². The molecule has 0 unspecified atom stereocenters. The SMILES string of the molecule is Cc1cc(C)nc(SCC(=O)N2CCC(=O)CC2)c1. The van der Waals surface area contributed by atoms with Gasteiger partial charge in [0, 0.05) is 31.6 Å². The highest BCUT2D eigenvalue weighted by molar-refractivity contribution is 7.99. The minimum Gasteiger partial charge on any atom is -0.341 e. The van der Waals surface area contributed by atoms with Crippen LogP contribution in [0.5, 0.6) is 0 Å². The first kappa shape index (κ1) is 14.1. The zero-order chi connectivity index (χ0) is 13.8. The first-order valence-corrected chi connectivity index (χ1v) is 7.41. The van der Waals surface area contributed by atoms with E-state index in [-0.39, 0.29) is 11.7 Å². The Labute approximate surface area is 117 Å². The number of aryl methyl sites for hydroxylation is 2. The summed E-state index contributed by atoms with van der Waals surface area (Å²) in [6.07, 6.45) is 0.996. The predicted molar refractivity (Wildman–Crippen MR) is 75.3 cm³/mol. The van der Waals surface area contributed by atoms with Gasteiger partial charge in [0.25, 0.3) is 0 Å². The van der Waals surface area contributed by atoms with Crippen molar-refractivity contribution in [3.63, 3.8) is 0 Å². The molecule has 102 valence electrons. The maximum atomic E-state index is 12.0. The molecule has 2 rings (SSSR count). The van der Waals surface area contributed by atoms with Gasteiger partial charge in [-0.1, -0.05) is 11.8 Å². The van der Waals surface area contributed by atoms with Crippen LogP contribution in [-0.2, 0) is 9.59 Å². The van der Waals surface area contributed by atoms with Crippen molar-refractivity contribution in [3.8, 4) is 0 Å². The number of nitrogens with zero attached hydrogens (tertiary/aromatic N) is 2. The zero-order valence-electron chi connectivity index (χ0n) is 11.3. The Hall–Kier alpha value is -1.36. The molecule has 4 nitrogen and oxygen atoms in total. The Morgan fingerprint density at radius 3 is 2.63 bits per heavy atom. The van der Waals surface area contributed by atoms with E-state index < -0.39 is 0 Å². The number of aromatic nitrogens is 1. The van der Waals surface area contributed by atoms with E-state index in [1.54, 1.807) is 4.90 Å². The molecule has 1 aromatic rings.